The monoisotopic (exact) mass is 450 g/mol. The van der Waals surface area contributed by atoms with Gasteiger partial charge in [0.15, 0.2) is 11.6 Å². The van der Waals surface area contributed by atoms with Crippen molar-refractivity contribution >= 4 is 34.9 Å². The van der Waals surface area contributed by atoms with Gasteiger partial charge in [-0.05, 0) is 43.5 Å². The molecule has 1 aliphatic rings. The van der Waals surface area contributed by atoms with Crippen LogP contribution in [0.3, 0.4) is 0 Å². The van der Waals surface area contributed by atoms with E-state index in [9.17, 15) is 14.9 Å². The van der Waals surface area contributed by atoms with Gasteiger partial charge in [-0.25, -0.2) is 0 Å². The molecule has 0 radical (unpaired) electrons. The number of benzene rings is 2. The van der Waals surface area contributed by atoms with Gasteiger partial charge in [0.2, 0.25) is 0 Å². The number of dihydropyridines is 1. The lowest BCUT2D eigenvalue weighted by atomic mass is 9.81. The summed E-state index contributed by atoms with van der Waals surface area (Å²) in [6, 6.07) is 17.0. The van der Waals surface area contributed by atoms with Gasteiger partial charge in [0.1, 0.15) is 0 Å². The number of nitrogens with zero attached hydrogens (tertiary/aromatic N) is 1. The topological polar surface area (TPSA) is 70.0 Å². The zero-order valence-electron chi connectivity index (χ0n) is 17.7. The summed E-state index contributed by atoms with van der Waals surface area (Å²) in [6.45, 7) is 5.39. The van der Waals surface area contributed by atoms with Crippen LogP contribution >= 0.6 is 23.4 Å². The number of thioether (sulfide) groups is 1. The number of nitriles is 1. The van der Waals surface area contributed by atoms with Gasteiger partial charge in [-0.3, -0.25) is 9.59 Å². The minimum absolute atomic E-state index is 0.0127. The Kier molecular flexibility index (Phi) is 7.37. The third-order valence-corrected chi connectivity index (χ3v) is 6.53. The lowest BCUT2D eigenvalue weighted by Gasteiger charge is -2.29. The number of halogens is 1. The molecule has 0 unspecified atom stereocenters. The Morgan fingerprint density at radius 1 is 1.13 bits per heavy atom. The van der Waals surface area contributed by atoms with Crippen LogP contribution in [0.5, 0.6) is 0 Å². The van der Waals surface area contributed by atoms with Crippen LogP contribution in [0.15, 0.2) is 70.4 Å². The molecule has 4 nitrogen and oxygen atoms in total. The van der Waals surface area contributed by atoms with E-state index in [-0.39, 0.29) is 17.3 Å². The highest BCUT2D eigenvalue weighted by Gasteiger charge is 2.33. The number of aryl methyl sites for hydroxylation is 1. The van der Waals surface area contributed by atoms with E-state index in [1.807, 2.05) is 43.3 Å². The van der Waals surface area contributed by atoms with E-state index in [0.29, 0.717) is 32.5 Å². The van der Waals surface area contributed by atoms with Crippen molar-refractivity contribution in [3.63, 3.8) is 0 Å². The van der Waals surface area contributed by atoms with Crippen molar-refractivity contribution in [3.8, 4) is 6.07 Å². The molecule has 3 rings (SSSR count). The Morgan fingerprint density at radius 2 is 1.77 bits per heavy atom. The molecule has 2 aromatic carbocycles. The van der Waals surface area contributed by atoms with Gasteiger partial charge in [-0.2, -0.15) is 5.26 Å². The number of Topliss-reactive ketones (excluding diaryl/α,β-unsaturated/α-hetero) is 2. The largest absolute Gasteiger partial charge is 0.353 e. The quantitative estimate of drug-likeness (QED) is 0.539. The summed E-state index contributed by atoms with van der Waals surface area (Å²) in [5.41, 5.74) is 4.30. The summed E-state index contributed by atoms with van der Waals surface area (Å²) in [4.78, 5) is 25.1. The summed E-state index contributed by atoms with van der Waals surface area (Å²) in [7, 11) is 0. The first-order valence-corrected chi connectivity index (χ1v) is 11.4. The molecule has 0 fully saturated rings. The minimum atomic E-state index is -0.498. The molecule has 1 N–H and O–H groups in total. The second kappa shape index (κ2) is 10.00. The van der Waals surface area contributed by atoms with E-state index in [4.69, 9.17) is 11.6 Å². The van der Waals surface area contributed by atoms with Gasteiger partial charge in [-0.1, -0.05) is 66.7 Å². The number of carbonyl (C=O) groups is 2. The van der Waals surface area contributed by atoms with Crippen LogP contribution in [0.1, 0.15) is 48.2 Å². The third-order valence-electron chi connectivity index (χ3n) is 5.26. The molecular formula is C25H23ClN2O2S. The van der Waals surface area contributed by atoms with Crippen LogP contribution in [0.4, 0.5) is 0 Å². The van der Waals surface area contributed by atoms with Gasteiger partial charge in [0, 0.05) is 21.9 Å². The number of hydrogen-bond donors (Lipinski definition) is 1. The summed E-state index contributed by atoms with van der Waals surface area (Å²) >= 11 is 7.32. The van der Waals surface area contributed by atoms with E-state index < -0.39 is 5.92 Å². The first-order valence-electron chi connectivity index (χ1n) is 9.99. The SMILES string of the molecule is CCc1ccc(C(=O)CSC2=C(C#N)[C@H](c3ccc(Cl)cc3)C(C(C)=O)=C(C)N2)cc1. The zero-order chi connectivity index (χ0) is 22.5. The van der Waals surface area contributed by atoms with Crippen LogP contribution < -0.4 is 5.32 Å². The van der Waals surface area contributed by atoms with Crippen molar-refractivity contribution in [1.82, 2.24) is 5.32 Å². The van der Waals surface area contributed by atoms with Crippen molar-refractivity contribution in [3.05, 3.63) is 92.1 Å². The number of hydrogen-bond acceptors (Lipinski definition) is 5. The lowest BCUT2D eigenvalue weighted by Crippen LogP contribution is -2.27. The Balaban J connectivity index is 1.91. The van der Waals surface area contributed by atoms with Crippen LogP contribution in [-0.2, 0) is 11.2 Å². The van der Waals surface area contributed by atoms with Crippen molar-refractivity contribution in [2.45, 2.75) is 33.1 Å². The average Bonchev–Trinajstić information content (AvgIpc) is 2.77. The first kappa shape index (κ1) is 22.9. The number of nitrogens with one attached hydrogen (secondary N) is 1. The van der Waals surface area contributed by atoms with E-state index in [2.05, 4.69) is 18.3 Å². The molecule has 0 amide bonds. The van der Waals surface area contributed by atoms with Gasteiger partial charge in [-0.15, -0.1) is 0 Å². The maximum atomic E-state index is 12.7. The van der Waals surface area contributed by atoms with Crippen LogP contribution in [0, 0.1) is 11.3 Å². The Bertz CT molecular complexity index is 1110. The summed E-state index contributed by atoms with van der Waals surface area (Å²) in [5.74, 6) is -0.424. The second-order valence-electron chi connectivity index (χ2n) is 7.32. The molecule has 1 atom stereocenters. The molecule has 31 heavy (non-hydrogen) atoms. The van der Waals surface area contributed by atoms with E-state index >= 15 is 0 Å². The number of ketones is 2. The van der Waals surface area contributed by atoms with E-state index in [0.717, 1.165) is 12.0 Å². The highest BCUT2D eigenvalue weighted by Crippen LogP contribution is 2.41. The lowest BCUT2D eigenvalue weighted by molar-refractivity contribution is -0.113. The molecular weight excluding hydrogens is 428 g/mol. The van der Waals surface area contributed by atoms with Crippen LogP contribution in [0.25, 0.3) is 0 Å². The van der Waals surface area contributed by atoms with Gasteiger partial charge in [0.05, 0.1) is 28.3 Å². The van der Waals surface area contributed by atoms with Crippen molar-refractivity contribution in [2.24, 2.45) is 0 Å². The molecule has 0 aliphatic carbocycles. The molecule has 158 valence electrons. The zero-order valence-corrected chi connectivity index (χ0v) is 19.2. The standard InChI is InChI=1S/C25H23ClN2O2S/c1-4-17-5-7-18(8-6-17)22(30)14-31-25-21(13-27)24(19-9-11-20(26)12-10-19)23(16(3)29)15(2)28-25/h5-12,24,28H,4,14H2,1-3H3/t24-/m0/s1. The van der Waals surface area contributed by atoms with Gasteiger partial charge < -0.3 is 5.32 Å². The first-order chi connectivity index (χ1) is 14.8. The molecule has 0 aromatic heterocycles. The van der Waals surface area contributed by atoms with Crippen molar-refractivity contribution < 1.29 is 9.59 Å². The van der Waals surface area contributed by atoms with E-state index in [1.165, 1.54) is 24.2 Å². The molecule has 6 heteroatoms. The summed E-state index contributed by atoms with van der Waals surface area (Å²) in [5, 5.41) is 14.3. The summed E-state index contributed by atoms with van der Waals surface area (Å²) < 4.78 is 0. The smallest absolute Gasteiger partial charge is 0.173 e. The van der Waals surface area contributed by atoms with E-state index in [1.54, 1.807) is 12.1 Å². The van der Waals surface area contributed by atoms with Crippen LogP contribution in [-0.4, -0.2) is 17.3 Å². The Morgan fingerprint density at radius 3 is 2.32 bits per heavy atom. The van der Waals surface area contributed by atoms with Crippen LogP contribution in [0.2, 0.25) is 5.02 Å². The highest BCUT2D eigenvalue weighted by atomic mass is 35.5. The maximum absolute atomic E-state index is 12.7. The fourth-order valence-electron chi connectivity index (χ4n) is 3.63. The Hall–Kier alpha value is -2.81. The Labute approximate surface area is 192 Å². The number of rotatable bonds is 7. The fraction of sp³-hybridized carbons (Fsp3) is 0.240. The van der Waals surface area contributed by atoms with Crippen molar-refractivity contribution in [2.75, 3.05) is 5.75 Å². The highest BCUT2D eigenvalue weighted by molar-refractivity contribution is 8.03. The number of carbonyl (C=O) groups excluding carboxylic acids is 2. The predicted octanol–water partition coefficient (Wildman–Crippen LogP) is 5.80. The molecule has 1 aliphatic heterocycles. The molecule has 0 spiro atoms. The fourth-order valence-corrected chi connectivity index (χ4v) is 4.74. The molecule has 0 bridgehead atoms. The predicted molar refractivity (Wildman–Crippen MR) is 126 cm³/mol. The molecule has 2 aromatic rings. The molecule has 1 heterocycles. The normalized spacial score (nSPS) is 16.0. The second-order valence-corrected chi connectivity index (χ2v) is 8.74. The van der Waals surface area contributed by atoms with Crippen molar-refractivity contribution in [1.29, 1.82) is 5.26 Å². The van der Waals surface area contributed by atoms with Gasteiger partial charge >= 0.3 is 0 Å². The summed E-state index contributed by atoms with van der Waals surface area (Å²) in [6.07, 6.45) is 0.918. The minimum Gasteiger partial charge on any atom is -0.353 e. The van der Waals surface area contributed by atoms with Gasteiger partial charge in [0.25, 0.3) is 0 Å². The average molecular weight is 451 g/mol. The molecule has 0 saturated heterocycles. The molecule has 0 saturated carbocycles. The number of allylic oxidation sites excluding steroid dienone is 3. The maximum Gasteiger partial charge on any atom is 0.173 e. The third kappa shape index (κ3) is 5.10.